The van der Waals surface area contributed by atoms with E-state index in [4.69, 9.17) is 32.4 Å². The summed E-state index contributed by atoms with van der Waals surface area (Å²) in [5, 5.41) is 50.4. The molecular formula is C47H60N10O11. The number of aryl methyl sites for hydroxylation is 1. The molecule has 6 rings (SSSR count). The molecule has 1 aromatic heterocycles. The molecule has 0 radical (unpaired) electrons. The van der Waals surface area contributed by atoms with Crippen LogP contribution in [0.1, 0.15) is 71.9 Å². The summed E-state index contributed by atoms with van der Waals surface area (Å²) in [5.74, 6) is -5.41. The van der Waals surface area contributed by atoms with Crippen molar-refractivity contribution >= 4 is 35.4 Å². The van der Waals surface area contributed by atoms with Crippen molar-refractivity contribution in [3.8, 4) is 39.8 Å². The van der Waals surface area contributed by atoms with Crippen LogP contribution in [0.25, 0.3) is 22.5 Å². The second-order valence-corrected chi connectivity index (χ2v) is 17.5. The van der Waals surface area contributed by atoms with E-state index in [-0.39, 0.29) is 89.8 Å². The summed E-state index contributed by atoms with van der Waals surface area (Å²) in [5.41, 5.74) is 26.3. The van der Waals surface area contributed by atoms with Gasteiger partial charge >= 0.3 is 5.97 Å². The molecule has 4 amide bonds. The minimum atomic E-state index is -1.68. The minimum Gasteiger partial charge on any atom is -0.504 e. The van der Waals surface area contributed by atoms with E-state index >= 15 is 0 Å². The predicted molar refractivity (Wildman–Crippen MR) is 249 cm³/mol. The molecule has 15 N–H and O–H groups in total. The molecule has 1 fully saturated rings. The van der Waals surface area contributed by atoms with Gasteiger partial charge in [0.1, 0.15) is 66.7 Å². The molecule has 1 aliphatic heterocycles. The highest BCUT2D eigenvalue weighted by Gasteiger charge is 2.39. The number of aliphatic hydroxyl groups excluding tert-OH is 2. The molecule has 0 unspecified atom stereocenters. The van der Waals surface area contributed by atoms with Crippen LogP contribution in [0.2, 0.25) is 0 Å². The molecule has 364 valence electrons. The summed E-state index contributed by atoms with van der Waals surface area (Å²) in [6, 6.07) is 9.03. The number of rotatable bonds is 17. The highest BCUT2D eigenvalue weighted by Crippen LogP contribution is 2.48. The number of nitrogens with zero attached hydrogens (tertiary/aromatic N) is 3. The van der Waals surface area contributed by atoms with Crippen molar-refractivity contribution in [2.75, 3.05) is 45.6 Å². The zero-order chi connectivity index (χ0) is 49.6. The standard InChI is InChI=1S/C47H60N10O11/c1-23-37(40(51)56-41(52-23)26-6-8-28(9-7-26)47(3)12-13-47)43(62)54-33(11-14-48)45(64)57(4)38-27-17-32(39(60)36(18-27)68-22-30(59)20-50)31-15-25(5-10-35(31)67-21-29(58)19-49)16-34(46(65)66)55-42(61)24(2)53-44(38)63/h5-10,15,17-18,24,29-30,33-34,38,58-60H,11-14,16,19-22,48-50H2,1-4H3,(H,53,63)(H,54,62)(H,55,61)(H,65,66)(H2,51,52,56)/t24-,29+,30+,33-,34-,38-/m0/s1. The second kappa shape index (κ2) is 21.4. The van der Waals surface area contributed by atoms with Gasteiger partial charge in [-0.25, -0.2) is 14.8 Å². The number of benzene rings is 3. The molecule has 2 heterocycles. The molecule has 3 aromatic carbocycles. The Balaban J connectivity index is 1.42. The van der Waals surface area contributed by atoms with E-state index in [0.717, 1.165) is 17.7 Å². The molecule has 21 nitrogen and oxygen atoms in total. The van der Waals surface area contributed by atoms with Crippen LogP contribution in [0, 0.1) is 6.92 Å². The van der Waals surface area contributed by atoms with Crippen LogP contribution >= 0.6 is 0 Å². The Morgan fingerprint density at radius 2 is 1.56 bits per heavy atom. The Labute approximate surface area is 392 Å². The van der Waals surface area contributed by atoms with Crippen molar-refractivity contribution in [2.45, 2.75) is 88.2 Å². The first-order valence-electron chi connectivity index (χ1n) is 22.2. The van der Waals surface area contributed by atoms with E-state index < -0.39 is 78.3 Å². The largest absolute Gasteiger partial charge is 0.504 e. The van der Waals surface area contributed by atoms with E-state index in [1.807, 2.05) is 24.3 Å². The Hall–Kier alpha value is -6.91. The third kappa shape index (κ3) is 11.4. The fourth-order valence-electron chi connectivity index (χ4n) is 7.82. The summed E-state index contributed by atoms with van der Waals surface area (Å²) >= 11 is 0. The fraction of sp³-hybridized carbons (Fsp3) is 0.426. The third-order valence-electron chi connectivity index (χ3n) is 12.2. The number of amides is 4. The number of carbonyl (C=O) groups excluding carboxylic acids is 4. The number of hydrogen-bond donors (Lipinski definition) is 11. The van der Waals surface area contributed by atoms with E-state index in [2.05, 4.69) is 32.8 Å². The summed E-state index contributed by atoms with van der Waals surface area (Å²) in [7, 11) is 1.28. The fourth-order valence-corrected chi connectivity index (χ4v) is 7.82. The number of aliphatic hydroxyl groups is 2. The summed E-state index contributed by atoms with van der Waals surface area (Å²) in [4.78, 5) is 79.5. The number of aromatic nitrogens is 2. The molecule has 2 aliphatic rings. The molecule has 1 saturated carbocycles. The highest BCUT2D eigenvalue weighted by atomic mass is 16.5. The van der Waals surface area contributed by atoms with Crippen LogP contribution < -0.4 is 48.4 Å². The van der Waals surface area contributed by atoms with Crippen LogP contribution in [0.5, 0.6) is 17.2 Å². The molecule has 4 bridgehead atoms. The first-order chi connectivity index (χ1) is 32.3. The number of phenolic OH excluding ortho intramolecular Hbond substituents is 1. The SMILES string of the molecule is Cc1nc(-c2ccc(C3(C)CC3)cc2)nc(N)c1C(=O)N[C@@H](CCN)C(=O)N(C)[C@@H]1C(=O)N[C@@H](C)C(=O)N[C@H](C(=O)O)Cc2ccc(OC[C@H](O)CN)c(c2)-c2cc1cc(OC[C@H](O)CN)c2O. The van der Waals surface area contributed by atoms with E-state index in [1.165, 1.54) is 49.9 Å². The molecule has 21 heteroatoms. The summed E-state index contributed by atoms with van der Waals surface area (Å²) in [6.45, 7) is 3.90. The van der Waals surface area contributed by atoms with Gasteiger partial charge in [-0.05, 0) is 86.0 Å². The Kier molecular flexibility index (Phi) is 15.9. The monoisotopic (exact) mass is 940 g/mol. The first-order valence-corrected chi connectivity index (χ1v) is 22.2. The van der Waals surface area contributed by atoms with Crippen molar-refractivity contribution in [1.82, 2.24) is 30.8 Å². The van der Waals surface area contributed by atoms with Gasteiger partial charge in [-0.1, -0.05) is 37.3 Å². The number of fused-ring (bicyclic) bond motifs is 5. The molecular weight excluding hydrogens is 881 g/mol. The molecule has 0 spiro atoms. The number of nitrogens with two attached hydrogens (primary N) is 4. The number of carbonyl (C=O) groups is 5. The number of carboxylic acids is 1. The predicted octanol–water partition coefficient (Wildman–Crippen LogP) is 0.132. The van der Waals surface area contributed by atoms with Gasteiger partial charge in [-0.15, -0.1) is 0 Å². The van der Waals surface area contributed by atoms with Gasteiger partial charge in [0.2, 0.25) is 17.7 Å². The van der Waals surface area contributed by atoms with E-state index in [0.29, 0.717) is 17.0 Å². The van der Waals surface area contributed by atoms with Gasteiger partial charge in [-0.3, -0.25) is 19.2 Å². The van der Waals surface area contributed by atoms with Crippen LogP contribution in [-0.2, 0) is 31.0 Å². The first kappa shape index (κ1) is 50.5. The maximum absolute atomic E-state index is 14.8. The molecule has 0 saturated heterocycles. The molecule has 1 aliphatic carbocycles. The number of ether oxygens (including phenoxy) is 2. The quantitative estimate of drug-likeness (QED) is 0.0670. The molecule has 6 atom stereocenters. The van der Waals surface area contributed by atoms with Gasteiger partial charge in [0.25, 0.3) is 5.91 Å². The molecule has 4 aromatic rings. The van der Waals surface area contributed by atoms with Crippen LogP contribution in [0.4, 0.5) is 5.82 Å². The lowest BCUT2D eigenvalue weighted by atomic mass is 9.93. The van der Waals surface area contributed by atoms with Crippen LogP contribution in [0.3, 0.4) is 0 Å². The second-order valence-electron chi connectivity index (χ2n) is 17.5. The lowest BCUT2D eigenvalue weighted by Crippen LogP contribution is -2.55. The maximum atomic E-state index is 14.8. The number of nitrogen functional groups attached to an aromatic ring is 1. The van der Waals surface area contributed by atoms with Crippen molar-refractivity contribution in [3.63, 3.8) is 0 Å². The van der Waals surface area contributed by atoms with Crippen molar-refractivity contribution in [1.29, 1.82) is 0 Å². The van der Waals surface area contributed by atoms with Crippen molar-refractivity contribution in [2.24, 2.45) is 17.2 Å². The Bertz CT molecular complexity index is 2510. The lowest BCUT2D eigenvalue weighted by molar-refractivity contribution is -0.143. The average Bonchev–Trinajstić information content (AvgIpc) is 4.07. The van der Waals surface area contributed by atoms with Crippen molar-refractivity contribution in [3.05, 3.63) is 82.5 Å². The van der Waals surface area contributed by atoms with Crippen LogP contribution in [0.15, 0.2) is 54.6 Å². The number of likely N-dealkylation sites (N-methyl/N-ethyl adjacent to an activating group) is 1. The highest BCUT2D eigenvalue weighted by molar-refractivity contribution is 6.02. The molecule has 68 heavy (non-hydrogen) atoms. The van der Waals surface area contributed by atoms with Crippen molar-refractivity contribution < 1.29 is 53.9 Å². The van der Waals surface area contributed by atoms with E-state index in [9.17, 15) is 44.4 Å². The Morgan fingerprint density at radius 3 is 2.15 bits per heavy atom. The van der Waals surface area contributed by atoms with Crippen LogP contribution in [-0.4, -0.2) is 135 Å². The number of aromatic hydroxyl groups is 1. The smallest absolute Gasteiger partial charge is 0.326 e. The third-order valence-corrected chi connectivity index (χ3v) is 12.2. The van der Waals surface area contributed by atoms with Gasteiger partial charge in [-0.2, -0.15) is 0 Å². The van der Waals surface area contributed by atoms with Gasteiger partial charge in [0.15, 0.2) is 17.3 Å². The van der Waals surface area contributed by atoms with E-state index in [1.54, 1.807) is 6.92 Å². The number of nitrogens with one attached hydrogen (secondary N) is 3. The number of phenols is 1. The summed E-state index contributed by atoms with van der Waals surface area (Å²) in [6.07, 6.45) is -0.475. The van der Waals surface area contributed by atoms with Gasteiger partial charge in [0.05, 0.1) is 5.69 Å². The zero-order valence-corrected chi connectivity index (χ0v) is 38.3. The van der Waals surface area contributed by atoms with Gasteiger partial charge in [0, 0.05) is 43.2 Å². The number of carboxylic acid groups (broad SMARTS) is 1. The topological polar surface area (TPSA) is 354 Å². The maximum Gasteiger partial charge on any atom is 0.326 e. The normalized spacial score (nSPS) is 19.0. The summed E-state index contributed by atoms with van der Waals surface area (Å²) < 4.78 is 11.8. The number of anilines is 1. The Morgan fingerprint density at radius 1 is 0.912 bits per heavy atom. The minimum absolute atomic E-state index is 0.00372. The lowest BCUT2D eigenvalue weighted by Gasteiger charge is -2.33. The number of aliphatic carboxylic acids is 1. The number of hydrogen-bond acceptors (Lipinski definition) is 16. The van der Waals surface area contributed by atoms with Gasteiger partial charge < -0.3 is 73.7 Å². The average molecular weight is 941 g/mol. The zero-order valence-electron chi connectivity index (χ0n) is 38.3.